The molecule has 0 spiro atoms. The van der Waals surface area contributed by atoms with Crippen molar-refractivity contribution in [2.24, 2.45) is 0 Å². The van der Waals surface area contributed by atoms with Crippen LogP contribution in [0.5, 0.6) is 0 Å². The SMILES string of the molecule is CCNC(=O)c1cnc(-c2ccccc2)n(CC(=O)Nc2ccc(Cl)cc2)c1=O. The lowest BCUT2D eigenvalue weighted by Gasteiger charge is -2.14. The number of anilines is 1. The van der Waals surface area contributed by atoms with Gasteiger partial charge in [-0.3, -0.25) is 19.0 Å². The second-order valence-corrected chi connectivity index (χ2v) is 6.60. The van der Waals surface area contributed by atoms with Gasteiger partial charge in [-0.1, -0.05) is 41.9 Å². The van der Waals surface area contributed by atoms with E-state index in [4.69, 9.17) is 11.6 Å². The first-order valence-corrected chi connectivity index (χ1v) is 9.36. The summed E-state index contributed by atoms with van der Waals surface area (Å²) in [5.41, 5.74) is 0.495. The smallest absolute Gasteiger partial charge is 0.267 e. The Kier molecular flexibility index (Phi) is 6.41. The molecule has 0 unspecified atom stereocenters. The molecule has 2 amide bonds. The van der Waals surface area contributed by atoms with Gasteiger partial charge in [0.05, 0.1) is 0 Å². The lowest BCUT2D eigenvalue weighted by molar-refractivity contribution is -0.116. The number of halogens is 1. The maximum absolute atomic E-state index is 13.0. The number of carbonyl (C=O) groups excluding carboxylic acids is 2. The molecule has 0 aliphatic rings. The van der Waals surface area contributed by atoms with Crippen LogP contribution in [0.3, 0.4) is 0 Å². The average Bonchev–Trinajstić information content (AvgIpc) is 2.72. The van der Waals surface area contributed by atoms with Crippen molar-refractivity contribution in [2.75, 3.05) is 11.9 Å². The fourth-order valence-corrected chi connectivity index (χ4v) is 2.87. The van der Waals surface area contributed by atoms with Crippen molar-refractivity contribution < 1.29 is 9.59 Å². The number of hydrogen-bond acceptors (Lipinski definition) is 4. The molecule has 0 aliphatic carbocycles. The van der Waals surface area contributed by atoms with Crippen molar-refractivity contribution in [1.82, 2.24) is 14.9 Å². The first-order chi connectivity index (χ1) is 14.0. The van der Waals surface area contributed by atoms with Crippen LogP contribution in [-0.4, -0.2) is 27.9 Å². The van der Waals surface area contributed by atoms with Crippen LogP contribution in [-0.2, 0) is 11.3 Å². The molecule has 0 fully saturated rings. The first kappa shape index (κ1) is 20.3. The van der Waals surface area contributed by atoms with Gasteiger partial charge in [-0.25, -0.2) is 4.98 Å². The molecule has 1 aromatic heterocycles. The highest BCUT2D eigenvalue weighted by molar-refractivity contribution is 6.30. The average molecular weight is 411 g/mol. The van der Waals surface area contributed by atoms with E-state index in [-0.39, 0.29) is 12.1 Å². The highest BCUT2D eigenvalue weighted by Crippen LogP contribution is 2.16. The summed E-state index contributed by atoms with van der Waals surface area (Å²) >= 11 is 5.86. The number of nitrogens with one attached hydrogen (secondary N) is 2. The first-order valence-electron chi connectivity index (χ1n) is 8.98. The van der Waals surface area contributed by atoms with E-state index in [0.717, 1.165) is 0 Å². The predicted octanol–water partition coefficient (Wildman–Crippen LogP) is 2.95. The van der Waals surface area contributed by atoms with E-state index < -0.39 is 17.4 Å². The molecule has 0 saturated heterocycles. The molecule has 29 heavy (non-hydrogen) atoms. The number of benzene rings is 2. The van der Waals surface area contributed by atoms with Gasteiger partial charge in [-0.15, -0.1) is 0 Å². The molecule has 0 aliphatic heterocycles. The van der Waals surface area contributed by atoms with Crippen LogP contribution >= 0.6 is 11.6 Å². The summed E-state index contributed by atoms with van der Waals surface area (Å²) in [6, 6.07) is 15.6. The van der Waals surface area contributed by atoms with Crippen molar-refractivity contribution in [2.45, 2.75) is 13.5 Å². The van der Waals surface area contributed by atoms with Crippen LogP contribution in [0.25, 0.3) is 11.4 Å². The molecular formula is C21H19ClN4O3. The highest BCUT2D eigenvalue weighted by Gasteiger charge is 2.18. The lowest BCUT2D eigenvalue weighted by atomic mass is 10.2. The fraction of sp³-hybridized carbons (Fsp3) is 0.143. The van der Waals surface area contributed by atoms with Gasteiger partial charge in [-0.05, 0) is 31.2 Å². The minimum atomic E-state index is -0.587. The summed E-state index contributed by atoms with van der Waals surface area (Å²) in [7, 11) is 0. The van der Waals surface area contributed by atoms with Gasteiger partial charge < -0.3 is 10.6 Å². The summed E-state index contributed by atoms with van der Waals surface area (Å²) in [5, 5.41) is 5.84. The van der Waals surface area contributed by atoms with Crippen LogP contribution in [0.4, 0.5) is 5.69 Å². The van der Waals surface area contributed by atoms with E-state index in [1.807, 2.05) is 6.07 Å². The normalized spacial score (nSPS) is 10.4. The Balaban J connectivity index is 1.98. The van der Waals surface area contributed by atoms with Gasteiger partial charge >= 0.3 is 0 Å². The molecule has 0 bridgehead atoms. The molecule has 0 radical (unpaired) electrons. The zero-order chi connectivity index (χ0) is 20.8. The molecule has 7 nitrogen and oxygen atoms in total. The van der Waals surface area contributed by atoms with E-state index in [0.29, 0.717) is 28.6 Å². The number of amides is 2. The Morgan fingerprint density at radius 1 is 1.07 bits per heavy atom. The Labute approximate surface area is 172 Å². The Hall–Kier alpha value is -3.45. The van der Waals surface area contributed by atoms with Gasteiger partial charge in [-0.2, -0.15) is 0 Å². The summed E-state index contributed by atoms with van der Waals surface area (Å²) < 4.78 is 1.20. The summed E-state index contributed by atoms with van der Waals surface area (Å²) in [6.07, 6.45) is 1.24. The molecule has 2 N–H and O–H groups in total. The predicted molar refractivity (Wildman–Crippen MR) is 112 cm³/mol. The number of rotatable bonds is 6. The molecule has 2 aromatic carbocycles. The minimum Gasteiger partial charge on any atom is -0.352 e. The monoisotopic (exact) mass is 410 g/mol. The van der Waals surface area contributed by atoms with Gasteiger partial charge in [0.25, 0.3) is 11.5 Å². The molecule has 3 rings (SSSR count). The molecule has 0 atom stereocenters. The summed E-state index contributed by atoms with van der Waals surface area (Å²) in [5.74, 6) is -0.659. The van der Waals surface area contributed by atoms with Gasteiger partial charge in [0.15, 0.2) is 0 Å². The van der Waals surface area contributed by atoms with Gasteiger partial charge in [0.1, 0.15) is 17.9 Å². The maximum atomic E-state index is 13.0. The number of carbonyl (C=O) groups is 2. The third kappa shape index (κ3) is 4.89. The highest BCUT2D eigenvalue weighted by atomic mass is 35.5. The maximum Gasteiger partial charge on any atom is 0.267 e. The third-order valence-corrected chi connectivity index (χ3v) is 4.34. The molecule has 3 aromatic rings. The summed E-state index contributed by atoms with van der Waals surface area (Å²) in [6.45, 7) is 1.82. The number of aromatic nitrogens is 2. The van der Waals surface area contributed by atoms with Crippen molar-refractivity contribution in [3.05, 3.63) is 81.7 Å². The Bertz CT molecular complexity index is 1080. The topological polar surface area (TPSA) is 93.1 Å². The van der Waals surface area contributed by atoms with Crippen LogP contribution < -0.4 is 16.2 Å². The fourth-order valence-electron chi connectivity index (χ4n) is 2.75. The van der Waals surface area contributed by atoms with Crippen LogP contribution in [0, 0.1) is 0 Å². The van der Waals surface area contributed by atoms with Crippen LogP contribution in [0.15, 0.2) is 65.6 Å². The molecule has 148 valence electrons. The van der Waals surface area contributed by atoms with Crippen LogP contribution in [0.1, 0.15) is 17.3 Å². The van der Waals surface area contributed by atoms with E-state index in [1.165, 1.54) is 10.8 Å². The van der Waals surface area contributed by atoms with Crippen LogP contribution in [0.2, 0.25) is 5.02 Å². The Morgan fingerprint density at radius 2 is 1.76 bits per heavy atom. The van der Waals surface area contributed by atoms with Crippen molar-refractivity contribution in [3.8, 4) is 11.4 Å². The van der Waals surface area contributed by atoms with E-state index in [2.05, 4.69) is 15.6 Å². The second kappa shape index (κ2) is 9.16. The van der Waals surface area contributed by atoms with Gasteiger partial charge in [0, 0.05) is 29.0 Å². The molecule has 1 heterocycles. The standard InChI is InChI=1S/C21H19ClN4O3/c1-2-23-20(28)17-12-24-19(14-6-4-3-5-7-14)26(21(17)29)13-18(27)25-16-10-8-15(22)9-11-16/h3-12H,2,13H2,1H3,(H,23,28)(H,25,27). The van der Waals surface area contributed by atoms with Crippen molar-refractivity contribution >= 4 is 29.1 Å². The zero-order valence-corrected chi connectivity index (χ0v) is 16.4. The summed E-state index contributed by atoms with van der Waals surface area (Å²) in [4.78, 5) is 42.0. The van der Waals surface area contributed by atoms with E-state index >= 15 is 0 Å². The van der Waals surface area contributed by atoms with Crippen molar-refractivity contribution in [3.63, 3.8) is 0 Å². The second-order valence-electron chi connectivity index (χ2n) is 6.17. The quantitative estimate of drug-likeness (QED) is 0.653. The van der Waals surface area contributed by atoms with E-state index in [1.54, 1.807) is 55.5 Å². The minimum absolute atomic E-state index is 0.120. The molecular weight excluding hydrogens is 392 g/mol. The lowest BCUT2D eigenvalue weighted by Crippen LogP contribution is -2.36. The molecule has 0 saturated carbocycles. The number of nitrogens with zero attached hydrogens (tertiary/aromatic N) is 2. The largest absolute Gasteiger partial charge is 0.352 e. The third-order valence-electron chi connectivity index (χ3n) is 4.09. The van der Waals surface area contributed by atoms with Gasteiger partial charge in [0.2, 0.25) is 5.91 Å². The zero-order valence-electron chi connectivity index (χ0n) is 15.7. The van der Waals surface area contributed by atoms with Crippen molar-refractivity contribution in [1.29, 1.82) is 0 Å². The number of hydrogen-bond donors (Lipinski definition) is 2. The Morgan fingerprint density at radius 3 is 2.41 bits per heavy atom. The molecule has 8 heteroatoms. The van der Waals surface area contributed by atoms with E-state index in [9.17, 15) is 14.4 Å².